The van der Waals surface area contributed by atoms with Crippen LogP contribution in [0.3, 0.4) is 0 Å². The number of esters is 1. The first-order chi connectivity index (χ1) is 10.1. The fraction of sp³-hybridized carbons (Fsp3) is 0.588. The molecule has 116 valence electrons. The van der Waals surface area contributed by atoms with Gasteiger partial charge in [0.2, 0.25) is 0 Å². The number of carbonyl (C=O) groups excluding carboxylic acids is 1. The first kappa shape index (κ1) is 15.8. The Morgan fingerprint density at radius 3 is 2.71 bits per heavy atom. The molecule has 2 rings (SSSR count). The maximum absolute atomic E-state index is 12.1. The van der Waals surface area contributed by atoms with Crippen LogP contribution in [0.4, 0.5) is 0 Å². The standard InChI is InChI=1S/C17H25NO3/c1-13-6-8-15(9-7-13)21-12-10-14-5-4-11-17(14,18-2)16(19)20-3/h6-9,14,18H,4-5,10-12H2,1-3H3. The number of likely N-dealkylation sites (N-methyl/N-ethyl adjacent to an activating group) is 1. The van der Waals surface area contributed by atoms with Gasteiger partial charge in [-0.15, -0.1) is 0 Å². The molecular formula is C17H25NO3. The van der Waals surface area contributed by atoms with Gasteiger partial charge in [-0.1, -0.05) is 24.1 Å². The third-order valence-corrected chi connectivity index (χ3v) is 4.57. The van der Waals surface area contributed by atoms with Gasteiger partial charge in [0.05, 0.1) is 13.7 Å². The van der Waals surface area contributed by atoms with E-state index in [0.717, 1.165) is 31.4 Å². The van der Waals surface area contributed by atoms with Gasteiger partial charge in [0, 0.05) is 0 Å². The predicted molar refractivity (Wildman–Crippen MR) is 82.4 cm³/mol. The molecule has 1 aliphatic rings. The Morgan fingerprint density at radius 2 is 2.10 bits per heavy atom. The van der Waals surface area contributed by atoms with Crippen molar-refractivity contribution in [2.45, 2.75) is 38.1 Å². The summed E-state index contributed by atoms with van der Waals surface area (Å²) in [6.07, 6.45) is 3.77. The van der Waals surface area contributed by atoms with E-state index in [1.807, 2.05) is 31.3 Å². The number of methoxy groups -OCH3 is 1. The highest BCUT2D eigenvalue weighted by Gasteiger charge is 2.48. The van der Waals surface area contributed by atoms with Crippen molar-refractivity contribution in [3.05, 3.63) is 29.8 Å². The first-order valence-electron chi connectivity index (χ1n) is 7.59. The Labute approximate surface area is 126 Å². The molecule has 0 bridgehead atoms. The van der Waals surface area contributed by atoms with Gasteiger partial charge in [-0.05, 0) is 51.3 Å². The molecule has 0 radical (unpaired) electrons. The normalized spacial score (nSPS) is 24.8. The minimum absolute atomic E-state index is 0.150. The highest BCUT2D eigenvalue weighted by molar-refractivity contribution is 5.81. The number of aryl methyl sites for hydroxylation is 1. The van der Waals surface area contributed by atoms with E-state index in [1.54, 1.807) is 0 Å². The zero-order valence-electron chi connectivity index (χ0n) is 13.1. The summed E-state index contributed by atoms with van der Waals surface area (Å²) < 4.78 is 10.8. The van der Waals surface area contributed by atoms with Crippen molar-refractivity contribution in [2.75, 3.05) is 20.8 Å². The highest BCUT2D eigenvalue weighted by Crippen LogP contribution is 2.38. The topological polar surface area (TPSA) is 47.6 Å². The second-order valence-electron chi connectivity index (χ2n) is 5.75. The zero-order valence-corrected chi connectivity index (χ0v) is 13.1. The van der Waals surface area contributed by atoms with Crippen molar-refractivity contribution in [3.63, 3.8) is 0 Å². The van der Waals surface area contributed by atoms with Crippen LogP contribution in [0, 0.1) is 12.8 Å². The van der Waals surface area contributed by atoms with Crippen molar-refractivity contribution in [2.24, 2.45) is 5.92 Å². The minimum atomic E-state index is -0.536. The molecule has 4 nitrogen and oxygen atoms in total. The van der Waals surface area contributed by atoms with E-state index in [-0.39, 0.29) is 11.9 Å². The summed E-state index contributed by atoms with van der Waals surface area (Å²) in [6, 6.07) is 8.04. The average molecular weight is 291 g/mol. The third kappa shape index (κ3) is 3.38. The van der Waals surface area contributed by atoms with Crippen LogP contribution in [0.2, 0.25) is 0 Å². The van der Waals surface area contributed by atoms with Crippen LogP contribution in [-0.4, -0.2) is 32.3 Å². The van der Waals surface area contributed by atoms with Crippen molar-refractivity contribution in [3.8, 4) is 5.75 Å². The molecule has 0 saturated heterocycles. The molecule has 2 unspecified atom stereocenters. The van der Waals surface area contributed by atoms with Crippen LogP contribution >= 0.6 is 0 Å². The molecule has 0 aromatic heterocycles. The number of benzene rings is 1. The molecule has 0 heterocycles. The van der Waals surface area contributed by atoms with E-state index < -0.39 is 5.54 Å². The van der Waals surface area contributed by atoms with Crippen molar-refractivity contribution in [1.29, 1.82) is 0 Å². The van der Waals surface area contributed by atoms with Gasteiger partial charge in [0.25, 0.3) is 0 Å². The van der Waals surface area contributed by atoms with Gasteiger partial charge in [0.1, 0.15) is 11.3 Å². The van der Waals surface area contributed by atoms with Crippen LogP contribution in [-0.2, 0) is 9.53 Å². The fourth-order valence-electron chi connectivity index (χ4n) is 3.30. The van der Waals surface area contributed by atoms with Gasteiger partial charge in [-0.3, -0.25) is 4.79 Å². The SMILES string of the molecule is CNC1(C(=O)OC)CCCC1CCOc1ccc(C)cc1. The average Bonchev–Trinajstić information content (AvgIpc) is 2.92. The maximum Gasteiger partial charge on any atom is 0.326 e. The fourth-order valence-corrected chi connectivity index (χ4v) is 3.30. The van der Waals surface area contributed by atoms with Gasteiger partial charge >= 0.3 is 5.97 Å². The minimum Gasteiger partial charge on any atom is -0.494 e. The van der Waals surface area contributed by atoms with Crippen molar-refractivity contribution in [1.82, 2.24) is 5.32 Å². The second kappa shape index (κ2) is 6.94. The Bertz CT molecular complexity index is 471. The first-order valence-corrected chi connectivity index (χ1v) is 7.59. The molecular weight excluding hydrogens is 266 g/mol. The second-order valence-corrected chi connectivity index (χ2v) is 5.75. The molecule has 1 N–H and O–H groups in total. The molecule has 2 atom stereocenters. The molecule has 0 amide bonds. The van der Waals surface area contributed by atoms with Crippen LogP contribution in [0.5, 0.6) is 5.75 Å². The Kier molecular flexibility index (Phi) is 5.23. The van der Waals surface area contributed by atoms with Crippen LogP contribution in [0.1, 0.15) is 31.2 Å². The molecule has 21 heavy (non-hydrogen) atoms. The van der Waals surface area contributed by atoms with E-state index in [0.29, 0.717) is 6.61 Å². The van der Waals surface area contributed by atoms with E-state index >= 15 is 0 Å². The van der Waals surface area contributed by atoms with Crippen LogP contribution < -0.4 is 10.1 Å². The summed E-state index contributed by atoms with van der Waals surface area (Å²) in [6.45, 7) is 2.67. The van der Waals surface area contributed by atoms with Crippen molar-refractivity contribution >= 4 is 5.97 Å². The van der Waals surface area contributed by atoms with Crippen molar-refractivity contribution < 1.29 is 14.3 Å². The van der Waals surface area contributed by atoms with E-state index in [9.17, 15) is 4.79 Å². The van der Waals surface area contributed by atoms with Gasteiger partial charge in [-0.25, -0.2) is 0 Å². The van der Waals surface area contributed by atoms with Crippen LogP contribution in [0.15, 0.2) is 24.3 Å². The van der Waals surface area contributed by atoms with E-state index in [4.69, 9.17) is 9.47 Å². The Hall–Kier alpha value is -1.55. The van der Waals surface area contributed by atoms with Gasteiger partial charge in [0.15, 0.2) is 0 Å². The molecule has 1 saturated carbocycles. The monoisotopic (exact) mass is 291 g/mol. The largest absolute Gasteiger partial charge is 0.494 e. The van der Waals surface area contributed by atoms with Crippen LogP contribution in [0.25, 0.3) is 0 Å². The number of carbonyl (C=O) groups is 1. The summed E-state index contributed by atoms with van der Waals surface area (Å²) >= 11 is 0. The number of nitrogens with one attached hydrogen (secondary N) is 1. The van der Waals surface area contributed by atoms with Gasteiger partial charge < -0.3 is 14.8 Å². The quantitative estimate of drug-likeness (QED) is 0.819. The summed E-state index contributed by atoms with van der Waals surface area (Å²) in [5.41, 5.74) is 0.684. The molecule has 1 fully saturated rings. The predicted octanol–water partition coefficient (Wildman–Crippen LogP) is 2.70. The lowest BCUT2D eigenvalue weighted by Gasteiger charge is -2.32. The maximum atomic E-state index is 12.1. The lowest BCUT2D eigenvalue weighted by Crippen LogP contribution is -2.54. The summed E-state index contributed by atoms with van der Waals surface area (Å²) in [4.78, 5) is 12.1. The molecule has 1 aromatic rings. The third-order valence-electron chi connectivity index (χ3n) is 4.57. The zero-order chi connectivity index (χ0) is 15.3. The lowest BCUT2D eigenvalue weighted by molar-refractivity contribution is -0.150. The molecule has 0 aliphatic heterocycles. The number of hydrogen-bond donors (Lipinski definition) is 1. The Morgan fingerprint density at radius 1 is 1.38 bits per heavy atom. The summed E-state index contributed by atoms with van der Waals surface area (Å²) in [5, 5.41) is 3.20. The molecule has 4 heteroatoms. The molecule has 1 aliphatic carbocycles. The van der Waals surface area contributed by atoms with E-state index in [2.05, 4.69) is 12.2 Å². The van der Waals surface area contributed by atoms with Gasteiger partial charge in [-0.2, -0.15) is 0 Å². The Balaban J connectivity index is 1.92. The molecule has 1 aromatic carbocycles. The molecule has 0 spiro atoms. The number of ether oxygens (including phenoxy) is 2. The summed E-state index contributed by atoms with van der Waals surface area (Å²) in [7, 11) is 3.30. The van der Waals surface area contributed by atoms with E-state index in [1.165, 1.54) is 12.7 Å². The lowest BCUT2D eigenvalue weighted by atomic mass is 9.85. The highest BCUT2D eigenvalue weighted by atomic mass is 16.5. The summed E-state index contributed by atoms with van der Waals surface area (Å²) in [5.74, 6) is 0.995. The smallest absolute Gasteiger partial charge is 0.326 e. The number of rotatable bonds is 6. The number of hydrogen-bond acceptors (Lipinski definition) is 4.